The molecule has 54 heavy (non-hydrogen) atoms. The molecule has 278 valence electrons. The van der Waals surface area contributed by atoms with Gasteiger partial charge in [0.05, 0.1) is 47.4 Å². The van der Waals surface area contributed by atoms with Crippen molar-refractivity contribution >= 4 is 17.8 Å². The number of amides is 2. The van der Waals surface area contributed by atoms with E-state index in [4.69, 9.17) is 5.41 Å². The minimum absolute atomic E-state index is 0.0469. The van der Waals surface area contributed by atoms with Gasteiger partial charge in [0.2, 0.25) is 0 Å². The lowest BCUT2D eigenvalue weighted by molar-refractivity contribution is -0.140. The molecule has 0 saturated carbocycles. The highest BCUT2D eigenvalue weighted by Crippen LogP contribution is 2.38. The molecule has 0 radical (unpaired) electrons. The van der Waals surface area contributed by atoms with Crippen LogP contribution in [0.4, 0.5) is 30.7 Å². The summed E-state index contributed by atoms with van der Waals surface area (Å²) < 4.78 is 97.5. The van der Waals surface area contributed by atoms with Gasteiger partial charge < -0.3 is 10.2 Å². The van der Waals surface area contributed by atoms with Gasteiger partial charge in [-0.1, -0.05) is 36.4 Å². The number of carbonyl (C=O) groups is 2. The van der Waals surface area contributed by atoms with Crippen molar-refractivity contribution in [3.8, 4) is 17.1 Å². The van der Waals surface area contributed by atoms with Crippen LogP contribution < -0.4 is 5.32 Å². The third-order valence-electron chi connectivity index (χ3n) is 9.33. The summed E-state index contributed by atoms with van der Waals surface area (Å²) >= 11 is 0. The lowest BCUT2D eigenvalue weighted by Gasteiger charge is -2.28. The third kappa shape index (κ3) is 7.12. The molecule has 1 atom stereocenters. The number of hydrogen-bond acceptors (Lipinski definition) is 6. The van der Waals surface area contributed by atoms with E-state index in [9.17, 15) is 40.3 Å². The number of alkyl halides is 6. The van der Waals surface area contributed by atoms with Gasteiger partial charge in [-0.05, 0) is 60.4 Å². The topological polar surface area (TPSA) is 120 Å². The van der Waals surface area contributed by atoms with Crippen molar-refractivity contribution in [1.29, 1.82) is 5.41 Å². The van der Waals surface area contributed by atoms with Crippen LogP contribution in [0.5, 0.6) is 0 Å². The predicted octanol–water partition coefficient (Wildman–Crippen LogP) is 7.14. The smallest absolute Gasteiger partial charge is 0.338 e. The molecular formula is C37H29F7N8O2. The van der Waals surface area contributed by atoms with Crippen molar-refractivity contribution in [2.45, 2.75) is 56.8 Å². The summed E-state index contributed by atoms with van der Waals surface area (Å²) in [4.78, 5) is 38.8. The van der Waals surface area contributed by atoms with Gasteiger partial charge in [0.15, 0.2) is 11.8 Å². The number of nitrogens with zero attached hydrogens (tertiary/aromatic N) is 6. The Morgan fingerprint density at radius 3 is 2.39 bits per heavy atom. The second-order valence-electron chi connectivity index (χ2n) is 13.0. The number of benzene rings is 3. The third-order valence-corrected chi connectivity index (χ3v) is 9.33. The van der Waals surface area contributed by atoms with E-state index in [1.807, 2.05) is 30.3 Å². The van der Waals surface area contributed by atoms with Crippen molar-refractivity contribution in [2.75, 3.05) is 0 Å². The number of carbonyl (C=O) groups excluding carboxylic acids is 2. The molecule has 3 aromatic carbocycles. The molecule has 4 heterocycles. The average molecular weight is 751 g/mol. The van der Waals surface area contributed by atoms with Gasteiger partial charge in [0.25, 0.3) is 11.8 Å². The first kappa shape index (κ1) is 36.2. The summed E-state index contributed by atoms with van der Waals surface area (Å²) in [5, 5.41) is 15.5. The van der Waals surface area contributed by atoms with Crippen molar-refractivity contribution in [3.63, 3.8) is 0 Å². The Morgan fingerprint density at radius 2 is 1.69 bits per heavy atom. The predicted molar refractivity (Wildman–Crippen MR) is 179 cm³/mol. The first-order chi connectivity index (χ1) is 25.6. The van der Waals surface area contributed by atoms with Crippen molar-refractivity contribution in [1.82, 2.24) is 34.9 Å². The van der Waals surface area contributed by atoms with Crippen LogP contribution in [0.3, 0.4) is 0 Å². The number of para-hydroxylation sites is 1. The van der Waals surface area contributed by atoms with Gasteiger partial charge in [-0.2, -0.15) is 31.4 Å². The molecule has 2 aliphatic rings. The van der Waals surface area contributed by atoms with Crippen molar-refractivity contribution in [2.24, 2.45) is 0 Å². The van der Waals surface area contributed by atoms with Gasteiger partial charge in [0.1, 0.15) is 11.4 Å². The van der Waals surface area contributed by atoms with Crippen molar-refractivity contribution < 1.29 is 40.3 Å². The second-order valence-corrected chi connectivity index (χ2v) is 13.0. The Labute approximate surface area is 302 Å². The number of hydrogen-bond donors (Lipinski definition) is 2. The summed E-state index contributed by atoms with van der Waals surface area (Å²) in [6, 6.07) is 16.6. The second kappa shape index (κ2) is 13.7. The number of halogens is 7. The summed E-state index contributed by atoms with van der Waals surface area (Å²) in [6.45, 7) is -0.678. The molecule has 0 aliphatic carbocycles. The molecule has 0 bridgehead atoms. The maximum atomic E-state index is 14.3. The van der Waals surface area contributed by atoms with Crippen molar-refractivity contribution in [3.05, 3.63) is 131 Å². The molecule has 7 rings (SSSR count). The molecule has 2 amide bonds. The fourth-order valence-electron chi connectivity index (χ4n) is 6.67. The molecule has 17 heteroatoms. The lowest BCUT2D eigenvalue weighted by atomic mass is 9.84. The summed E-state index contributed by atoms with van der Waals surface area (Å²) in [6.07, 6.45) is -6.82. The Bertz CT molecular complexity index is 2240. The van der Waals surface area contributed by atoms with Crippen LogP contribution in [0.1, 0.15) is 57.6 Å². The zero-order valence-corrected chi connectivity index (χ0v) is 28.0. The first-order valence-electron chi connectivity index (χ1n) is 16.6. The normalized spacial score (nSPS) is 17.2. The maximum Gasteiger partial charge on any atom is 0.417 e. The molecular weight excluding hydrogens is 721 g/mol. The van der Waals surface area contributed by atoms with Gasteiger partial charge in [-0.15, -0.1) is 0 Å². The quantitative estimate of drug-likeness (QED) is 0.155. The minimum Gasteiger partial charge on any atom is -0.338 e. The van der Waals surface area contributed by atoms with Gasteiger partial charge in [-0.25, -0.2) is 19.0 Å². The number of nitrogens with one attached hydrogen (secondary N) is 2. The van der Waals surface area contributed by atoms with Crippen LogP contribution >= 0.6 is 0 Å². The van der Waals surface area contributed by atoms with Crippen LogP contribution in [0, 0.1) is 11.2 Å². The van der Waals surface area contributed by atoms with Crippen LogP contribution in [0.15, 0.2) is 91.4 Å². The largest absolute Gasteiger partial charge is 0.417 e. The summed E-state index contributed by atoms with van der Waals surface area (Å²) in [7, 11) is 0. The highest BCUT2D eigenvalue weighted by atomic mass is 19.4. The highest BCUT2D eigenvalue weighted by molar-refractivity contribution is 6.08. The lowest BCUT2D eigenvalue weighted by Crippen LogP contribution is -2.44. The average Bonchev–Trinajstić information content (AvgIpc) is 3.85. The highest BCUT2D eigenvalue weighted by Gasteiger charge is 2.51. The fourth-order valence-corrected chi connectivity index (χ4v) is 6.67. The van der Waals surface area contributed by atoms with Crippen LogP contribution in [-0.2, 0) is 36.1 Å². The molecule has 2 aromatic heterocycles. The Hall–Kier alpha value is -6.13. The maximum absolute atomic E-state index is 14.3. The standard InChI is InChI=1S/C37H29F7N8O2/c38-26-10-8-25(9-11-26)35(13-4-14-36(39,40)41)33(54)51(34(45)49-35)18-22-7-12-29(37(42,43)44)28(15-22)32(53)50-19-23-16-46-31(48-30(23)21-50)24-17-47-52(20-24)27-5-2-1-3-6-27/h1-3,5-12,15-17,20H,4,13-14,18-19,21H2,(H2,45,49)/t35-/m1/s1. The minimum atomic E-state index is -4.93. The molecule has 0 spiro atoms. The number of aromatic nitrogens is 4. The molecule has 1 saturated heterocycles. The molecule has 5 aromatic rings. The van der Waals surface area contributed by atoms with Crippen LogP contribution in [-0.4, -0.2) is 53.5 Å². The van der Waals surface area contributed by atoms with E-state index in [1.165, 1.54) is 23.2 Å². The Morgan fingerprint density at radius 1 is 0.944 bits per heavy atom. The SMILES string of the molecule is N=C1N[C@](CCCC(F)(F)F)(c2ccc(F)cc2)C(=O)N1Cc1ccc(C(F)(F)F)c(C(=O)N2Cc3cnc(-c4cnn(-c5ccccc5)c4)nc3C2)c1. The monoisotopic (exact) mass is 750 g/mol. The van der Waals surface area contributed by atoms with E-state index in [2.05, 4.69) is 20.4 Å². The zero-order valence-electron chi connectivity index (χ0n) is 28.0. The Balaban J connectivity index is 1.13. The van der Waals surface area contributed by atoms with Gasteiger partial charge >= 0.3 is 12.4 Å². The Kier molecular flexibility index (Phi) is 9.19. The molecule has 10 nitrogen and oxygen atoms in total. The number of fused-ring (bicyclic) bond motifs is 1. The van der Waals surface area contributed by atoms with E-state index in [-0.39, 0.29) is 24.2 Å². The summed E-state index contributed by atoms with van der Waals surface area (Å²) in [5.74, 6) is -2.69. The van der Waals surface area contributed by atoms with Crippen LogP contribution in [0.2, 0.25) is 0 Å². The number of rotatable bonds is 9. The van der Waals surface area contributed by atoms with E-state index in [0.717, 1.165) is 34.9 Å². The van der Waals surface area contributed by atoms with Gasteiger partial charge in [0, 0.05) is 30.9 Å². The van der Waals surface area contributed by atoms with E-state index >= 15 is 0 Å². The molecule has 2 N–H and O–H groups in total. The van der Waals surface area contributed by atoms with Gasteiger partial charge in [-0.3, -0.25) is 19.9 Å². The van der Waals surface area contributed by atoms with E-state index in [0.29, 0.717) is 28.7 Å². The zero-order chi connectivity index (χ0) is 38.4. The van der Waals surface area contributed by atoms with E-state index in [1.54, 1.807) is 17.1 Å². The molecule has 0 unspecified atom stereocenters. The fraction of sp³-hybridized carbons (Fsp3) is 0.243. The molecule has 1 fully saturated rings. The molecule has 2 aliphatic heterocycles. The van der Waals surface area contributed by atoms with E-state index < -0.39 is 78.4 Å². The van der Waals surface area contributed by atoms with Crippen LogP contribution in [0.25, 0.3) is 17.1 Å². The summed E-state index contributed by atoms with van der Waals surface area (Å²) in [5.41, 5.74) is -1.28. The first-order valence-corrected chi connectivity index (χ1v) is 16.6. The number of guanidine groups is 1.